The van der Waals surface area contributed by atoms with Crippen molar-refractivity contribution in [2.75, 3.05) is 21.3 Å². The van der Waals surface area contributed by atoms with Crippen molar-refractivity contribution in [1.82, 2.24) is 4.98 Å². The highest BCUT2D eigenvalue weighted by atomic mass is 16.5. The van der Waals surface area contributed by atoms with Crippen LogP contribution < -0.4 is 14.2 Å². The van der Waals surface area contributed by atoms with Gasteiger partial charge < -0.3 is 19.3 Å². The van der Waals surface area contributed by atoms with E-state index in [1.165, 1.54) is 21.3 Å². The number of pyridine rings is 1. The number of fused-ring (bicyclic) bond motifs is 1. The van der Waals surface area contributed by atoms with E-state index in [2.05, 4.69) is 15.2 Å². The molecule has 1 N–H and O–H groups in total. The Morgan fingerprint density at radius 1 is 0.920 bits per heavy atom. The van der Waals surface area contributed by atoms with Crippen LogP contribution in [-0.4, -0.2) is 31.4 Å². The summed E-state index contributed by atoms with van der Waals surface area (Å²) in [6.07, 6.45) is 1.61. The van der Waals surface area contributed by atoms with Gasteiger partial charge in [-0.05, 0) is 24.3 Å². The number of hydrogen-bond donors (Lipinski definition) is 1. The normalized spacial score (nSPS) is 11.0. The fourth-order valence-electron chi connectivity index (χ4n) is 2.47. The Labute approximate surface area is 144 Å². The number of aromatic nitrogens is 1. The minimum absolute atomic E-state index is 0.0994. The topological polar surface area (TPSA) is 85.5 Å². The van der Waals surface area contributed by atoms with Crippen molar-refractivity contribution in [3.8, 4) is 23.0 Å². The van der Waals surface area contributed by atoms with Crippen molar-refractivity contribution < 1.29 is 19.3 Å². The summed E-state index contributed by atoms with van der Waals surface area (Å²) in [7, 11) is 4.62. The molecular weight excluding hydrogens is 322 g/mol. The number of azo groups is 1. The number of hydrogen-bond acceptors (Lipinski definition) is 7. The van der Waals surface area contributed by atoms with E-state index in [0.717, 1.165) is 0 Å². The Balaban J connectivity index is 2.04. The summed E-state index contributed by atoms with van der Waals surface area (Å²) in [5, 5.41) is 19.1. The average Bonchev–Trinajstić information content (AvgIpc) is 2.66. The molecule has 0 bridgehead atoms. The molecule has 2 aromatic carbocycles. The molecule has 25 heavy (non-hydrogen) atoms. The molecular formula is C18H17N3O4. The molecule has 0 fully saturated rings. The molecule has 0 aliphatic carbocycles. The highest BCUT2D eigenvalue weighted by Crippen LogP contribution is 2.41. The summed E-state index contributed by atoms with van der Waals surface area (Å²) in [4.78, 5) is 4.17. The zero-order valence-corrected chi connectivity index (χ0v) is 14.1. The third-order valence-corrected chi connectivity index (χ3v) is 3.65. The molecule has 7 nitrogen and oxygen atoms in total. The Morgan fingerprint density at radius 3 is 2.28 bits per heavy atom. The highest BCUT2D eigenvalue weighted by molar-refractivity contribution is 5.93. The summed E-state index contributed by atoms with van der Waals surface area (Å²) in [6, 6.07) is 10.2. The number of phenolic OH excluding ortho intramolecular Hbond substituents is 1. The first-order valence-electron chi connectivity index (χ1n) is 7.46. The van der Waals surface area contributed by atoms with Crippen LogP contribution in [0.2, 0.25) is 0 Å². The second kappa shape index (κ2) is 7.04. The van der Waals surface area contributed by atoms with Crippen LogP contribution in [0.15, 0.2) is 52.8 Å². The monoisotopic (exact) mass is 339 g/mol. The molecule has 0 saturated carbocycles. The molecule has 3 rings (SSSR count). The van der Waals surface area contributed by atoms with Crippen molar-refractivity contribution >= 4 is 22.3 Å². The van der Waals surface area contributed by atoms with Gasteiger partial charge in [-0.3, -0.25) is 4.98 Å². The summed E-state index contributed by atoms with van der Waals surface area (Å²) < 4.78 is 15.9. The van der Waals surface area contributed by atoms with Crippen molar-refractivity contribution in [2.24, 2.45) is 10.2 Å². The number of nitrogens with zero attached hydrogens (tertiary/aromatic N) is 3. The first-order valence-corrected chi connectivity index (χ1v) is 7.46. The number of benzene rings is 2. The highest BCUT2D eigenvalue weighted by Gasteiger charge is 2.13. The Kier molecular flexibility index (Phi) is 4.65. The molecule has 0 atom stereocenters. The molecule has 1 aromatic heterocycles. The lowest BCUT2D eigenvalue weighted by Gasteiger charge is -2.12. The number of methoxy groups -OCH3 is 3. The van der Waals surface area contributed by atoms with Crippen molar-refractivity contribution in [3.63, 3.8) is 0 Å². The predicted octanol–water partition coefficient (Wildman–Crippen LogP) is 4.38. The van der Waals surface area contributed by atoms with Crippen molar-refractivity contribution in [3.05, 3.63) is 42.6 Å². The second-order valence-corrected chi connectivity index (χ2v) is 5.09. The van der Waals surface area contributed by atoms with E-state index in [1.807, 2.05) is 6.07 Å². The SMILES string of the molecule is COc1cc(N=Nc2ccc(O)c3ncccc23)cc(OC)c1OC. The molecule has 3 aromatic rings. The number of ether oxygens (including phenoxy) is 3. The van der Waals surface area contributed by atoms with Gasteiger partial charge in [0.25, 0.3) is 0 Å². The standard InChI is InChI=1S/C18H17N3O4/c1-23-15-9-11(10-16(24-2)18(15)25-3)20-21-13-6-7-14(22)17-12(13)5-4-8-19-17/h4-10,22H,1-3H3. The number of rotatable bonds is 5. The van der Waals surface area contributed by atoms with E-state index in [0.29, 0.717) is 39.5 Å². The molecule has 0 aliphatic heterocycles. The maximum atomic E-state index is 9.89. The van der Waals surface area contributed by atoms with Crippen LogP contribution in [-0.2, 0) is 0 Å². The molecule has 0 amide bonds. The van der Waals surface area contributed by atoms with Gasteiger partial charge in [0, 0.05) is 23.7 Å². The van der Waals surface area contributed by atoms with Gasteiger partial charge in [-0.1, -0.05) is 0 Å². The fraction of sp³-hybridized carbons (Fsp3) is 0.167. The zero-order chi connectivity index (χ0) is 17.8. The smallest absolute Gasteiger partial charge is 0.203 e. The van der Waals surface area contributed by atoms with Crippen LogP contribution in [0.5, 0.6) is 23.0 Å². The molecule has 0 radical (unpaired) electrons. The summed E-state index contributed by atoms with van der Waals surface area (Å²) in [5.74, 6) is 1.58. The second-order valence-electron chi connectivity index (χ2n) is 5.09. The minimum Gasteiger partial charge on any atom is -0.506 e. The van der Waals surface area contributed by atoms with E-state index in [4.69, 9.17) is 14.2 Å². The molecule has 7 heteroatoms. The number of phenols is 1. The quantitative estimate of drug-likeness (QED) is 0.697. The van der Waals surface area contributed by atoms with Crippen LogP contribution in [0.3, 0.4) is 0 Å². The molecule has 1 heterocycles. The molecule has 0 saturated heterocycles. The van der Waals surface area contributed by atoms with Gasteiger partial charge in [-0.15, -0.1) is 5.11 Å². The van der Waals surface area contributed by atoms with E-state index < -0.39 is 0 Å². The Bertz CT molecular complexity index is 916. The van der Waals surface area contributed by atoms with Gasteiger partial charge in [0.1, 0.15) is 11.3 Å². The third-order valence-electron chi connectivity index (χ3n) is 3.65. The zero-order valence-electron chi connectivity index (χ0n) is 14.1. The van der Waals surface area contributed by atoms with Crippen LogP contribution in [0, 0.1) is 0 Å². The predicted molar refractivity (Wildman–Crippen MR) is 93.7 cm³/mol. The van der Waals surface area contributed by atoms with E-state index >= 15 is 0 Å². The largest absolute Gasteiger partial charge is 0.506 e. The van der Waals surface area contributed by atoms with Crippen LogP contribution in [0.25, 0.3) is 10.9 Å². The van der Waals surface area contributed by atoms with E-state index in [9.17, 15) is 5.11 Å². The fourth-order valence-corrected chi connectivity index (χ4v) is 2.47. The van der Waals surface area contributed by atoms with E-state index in [-0.39, 0.29) is 5.75 Å². The first-order chi connectivity index (χ1) is 12.2. The van der Waals surface area contributed by atoms with Gasteiger partial charge >= 0.3 is 0 Å². The van der Waals surface area contributed by atoms with Crippen molar-refractivity contribution in [1.29, 1.82) is 0 Å². The lowest BCUT2D eigenvalue weighted by molar-refractivity contribution is 0.324. The summed E-state index contributed by atoms with van der Waals surface area (Å²) in [6.45, 7) is 0. The van der Waals surface area contributed by atoms with Gasteiger partial charge in [0.2, 0.25) is 5.75 Å². The molecule has 0 aliphatic rings. The van der Waals surface area contributed by atoms with Crippen LogP contribution in [0.4, 0.5) is 11.4 Å². The summed E-state index contributed by atoms with van der Waals surface area (Å²) in [5.41, 5.74) is 1.61. The third kappa shape index (κ3) is 3.16. The summed E-state index contributed by atoms with van der Waals surface area (Å²) >= 11 is 0. The Hall–Kier alpha value is -3.35. The van der Waals surface area contributed by atoms with Gasteiger partial charge in [0.15, 0.2) is 11.5 Å². The van der Waals surface area contributed by atoms with Crippen LogP contribution >= 0.6 is 0 Å². The van der Waals surface area contributed by atoms with Crippen molar-refractivity contribution in [2.45, 2.75) is 0 Å². The minimum atomic E-state index is 0.0994. The number of aromatic hydroxyl groups is 1. The van der Waals surface area contributed by atoms with Crippen LogP contribution in [0.1, 0.15) is 0 Å². The Morgan fingerprint density at radius 2 is 1.64 bits per heavy atom. The molecule has 0 spiro atoms. The first kappa shape index (κ1) is 16.5. The van der Waals surface area contributed by atoms with Gasteiger partial charge in [0.05, 0.1) is 32.7 Å². The maximum Gasteiger partial charge on any atom is 0.203 e. The molecule has 0 unspecified atom stereocenters. The molecule has 128 valence electrons. The van der Waals surface area contributed by atoms with E-state index in [1.54, 1.807) is 36.5 Å². The maximum absolute atomic E-state index is 9.89. The lowest BCUT2D eigenvalue weighted by atomic mass is 10.2. The van der Waals surface area contributed by atoms with Gasteiger partial charge in [-0.25, -0.2) is 0 Å². The lowest BCUT2D eigenvalue weighted by Crippen LogP contribution is -1.94. The average molecular weight is 339 g/mol. The van der Waals surface area contributed by atoms with Gasteiger partial charge in [-0.2, -0.15) is 5.11 Å².